The highest BCUT2D eigenvalue weighted by atomic mass is 16.5. The number of Topliss-reactive ketones (excluding diaryl/α,β-unsaturated/α-hetero) is 1. The first-order chi connectivity index (χ1) is 15.1. The lowest BCUT2D eigenvalue weighted by molar-refractivity contribution is -0.140. The molecule has 1 atom stereocenters. The average molecular weight is 418 g/mol. The van der Waals surface area contributed by atoms with Crippen molar-refractivity contribution >= 4 is 11.8 Å². The Morgan fingerprint density at radius 2 is 1.81 bits per heavy atom. The molecule has 0 spiro atoms. The van der Waals surface area contributed by atoms with Gasteiger partial charge in [0.25, 0.3) is 0 Å². The van der Waals surface area contributed by atoms with Crippen molar-refractivity contribution in [2.45, 2.75) is 45.6 Å². The number of ketones is 1. The van der Waals surface area contributed by atoms with Crippen LogP contribution in [0.15, 0.2) is 77.1 Å². The number of allylic oxidation sites excluding steroid dienone is 3. The summed E-state index contributed by atoms with van der Waals surface area (Å²) < 4.78 is 11.2. The number of rotatable bonds is 6. The van der Waals surface area contributed by atoms with Crippen molar-refractivity contribution in [1.82, 2.24) is 5.32 Å². The number of nitrogens with one attached hydrogen (secondary N) is 1. The fraction of sp³-hybridized carbons (Fsp3) is 0.308. The van der Waals surface area contributed by atoms with Crippen LogP contribution in [-0.4, -0.2) is 18.4 Å². The molecule has 160 valence electrons. The van der Waals surface area contributed by atoms with E-state index < -0.39 is 11.9 Å². The van der Waals surface area contributed by atoms with Crippen molar-refractivity contribution in [2.75, 3.05) is 6.61 Å². The van der Waals surface area contributed by atoms with Crippen LogP contribution in [0.2, 0.25) is 0 Å². The lowest BCUT2D eigenvalue weighted by Gasteiger charge is -2.34. The third-order valence-corrected chi connectivity index (χ3v) is 5.73. The largest absolute Gasteiger partial charge is 0.494 e. The number of ether oxygens (including phenoxy) is 2. The van der Waals surface area contributed by atoms with E-state index in [4.69, 9.17) is 9.47 Å². The van der Waals surface area contributed by atoms with E-state index in [0.29, 0.717) is 24.2 Å². The van der Waals surface area contributed by atoms with Crippen LogP contribution in [0.4, 0.5) is 0 Å². The minimum absolute atomic E-state index is 0.0912. The van der Waals surface area contributed by atoms with Crippen molar-refractivity contribution in [3.63, 3.8) is 0 Å². The summed E-state index contributed by atoms with van der Waals surface area (Å²) in [5, 5.41) is 3.32. The molecule has 0 saturated heterocycles. The fourth-order valence-corrected chi connectivity index (χ4v) is 4.31. The molecule has 0 aromatic heterocycles. The highest BCUT2D eigenvalue weighted by Gasteiger charge is 2.39. The summed E-state index contributed by atoms with van der Waals surface area (Å²) in [5.74, 6) is 0.00687. The minimum Gasteiger partial charge on any atom is -0.494 e. The molecule has 0 unspecified atom stereocenters. The van der Waals surface area contributed by atoms with Gasteiger partial charge < -0.3 is 14.8 Å². The smallest absolute Gasteiger partial charge is 0.337 e. The molecule has 0 saturated carbocycles. The second-order valence-corrected chi connectivity index (χ2v) is 7.83. The van der Waals surface area contributed by atoms with Crippen LogP contribution in [0.5, 0.6) is 5.75 Å². The van der Waals surface area contributed by atoms with Gasteiger partial charge in [0.05, 0.1) is 12.2 Å². The first-order valence-corrected chi connectivity index (χ1v) is 10.8. The molecule has 0 bridgehead atoms. The van der Waals surface area contributed by atoms with E-state index in [1.54, 1.807) is 0 Å². The zero-order chi connectivity index (χ0) is 21.8. The Balaban J connectivity index is 1.69. The normalized spacial score (nSPS) is 18.4. The summed E-state index contributed by atoms with van der Waals surface area (Å²) in [4.78, 5) is 26.2. The minimum atomic E-state index is -0.442. The monoisotopic (exact) mass is 417 g/mol. The Morgan fingerprint density at radius 3 is 2.52 bits per heavy atom. The maximum atomic E-state index is 13.2. The Hall–Kier alpha value is -3.34. The van der Waals surface area contributed by atoms with Gasteiger partial charge in [-0.2, -0.15) is 0 Å². The van der Waals surface area contributed by atoms with Gasteiger partial charge in [0, 0.05) is 29.3 Å². The van der Waals surface area contributed by atoms with Gasteiger partial charge in [-0.1, -0.05) is 42.5 Å². The number of hydrogen-bond donors (Lipinski definition) is 1. The summed E-state index contributed by atoms with van der Waals surface area (Å²) in [6.45, 7) is 4.58. The van der Waals surface area contributed by atoms with Crippen molar-refractivity contribution in [3.8, 4) is 5.75 Å². The van der Waals surface area contributed by atoms with Gasteiger partial charge in [0.1, 0.15) is 12.4 Å². The number of carbonyl (C=O) groups is 2. The first-order valence-electron chi connectivity index (χ1n) is 10.8. The molecule has 1 aliphatic heterocycles. The van der Waals surface area contributed by atoms with Crippen LogP contribution in [0.1, 0.15) is 50.2 Å². The molecule has 1 aliphatic carbocycles. The maximum absolute atomic E-state index is 13.2. The molecule has 0 fully saturated rings. The van der Waals surface area contributed by atoms with Gasteiger partial charge in [-0.05, 0) is 49.9 Å². The van der Waals surface area contributed by atoms with Crippen molar-refractivity contribution < 1.29 is 19.1 Å². The van der Waals surface area contributed by atoms with Crippen LogP contribution in [0.3, 0.4) is 0 Å². The predicted molar refractivity (Wildman–Crippen MR) is 118 cm³/mol. The molecule has 0 radical (unpaired) electrons. The van der Waals surface area contributed by atoms with E-state index in [1.807, 2.05) is 68.4 Å². The van der Waals surface area contributed by atoms with E-state index in [1.165, 1.54) is 0 Å². The standard InChI is InChI=1S/C26H27NO4/c1-3-30-20-14-12-19(13-15-20)24-23(26(29)31-16-18-8-5-4-6-9-18)17(2)27-21-10-7-11-22(28)25(21)24/h4-6,8-9,12-15,24,27H,3,7,10-11,16H2,1-2H3/t24-/m0/s1. The van der Waals surface area contributed by atoms with Gasteiger partial charge in [-0.25, -0.2) is 4.79 Å². The zero-order valence-corrected chi connectivity index (χ0v) is 17.9. The van der Waals surface area contributed by atoms with E-state index in [2.05, 4.69) is 5.32 Å². The number of esters is 1. The van der Waals surface area contributed by atoms with Crippen molar-refractivity contribution in [3.05, 3.63) is 88.3 Å². The topological polar surface area (TPSA) is 64.6 Å². The van der Waals surface area contributed by atoms with Crippen LogP contribution in [0.25, 0.3) is 0 Å². The third kappa shape index (κ3) is 4.41. The van der Waals surface area contributed by atoms with Crippen LogP contribution < -0.4 is 10.1 Å². The molecule has 5 heteroatoms. The summed E-state index contributed by atoms with van der Waals surface area (Å²) in [6.07, 6.45) is 2.12. The molecule has 0 amide bonds. The number of carbonyl (C=O) groups excluding carboxylic acids is 2. The van der Waals surface area contributed by atoms with Crippen LogP contribution in [-0.2, 0) is 20.9 Å². The summed E-state index contributed by atoms with van der Waals surface area (Å²) in [6, 6.07) is 17.2. The maximum Gasteiger partial charge on any atom is 0.337 e. The third-order valence-electron chi connectivity index (χ3n) is 5.73. The van der Waals surface area contributed by atoms with Crippen molar-refractivity contribution in [2.24, 2.45) is 0 Å². The summed E-state index contributed by atoms with van der Waals surface area (Å²) >= 11 is 0. The second-order valence-electron chi connectivity index (χ2n) is 7.83. The van der Waals surface area contributed by atoms with E-state index in [9.17, 15) is 9.59 Å². The first kappa shape index (κ1) is 20.9. The van der Waals surface area contributed by atoms with E-state index in [-0.39, 0.29) is 12.4 Å². The molecular weight excluding hydrogens is 390 g/mol. The van der Waals surface area contributed by atoms with Gasteiger partial charge >= 0.3 is 5.97 Å². The predicted octanol–water partition coefficient (Wildman–Crippen LogP) is 4.80. The molecule has 2 aromatic carbocycles. The Kier molecular flexibility index (Phi) is 6.21. The molecule has 1 N–H and O–H groups in total. The number of benzene rings is 2. The fourth-order valence-electron chi connectivity index (χ4n) is 4.31. The molecule has 2 aromatic rings. The Bertz CT molecular complexity index is 1030. The quantitative estimate of drug-likeness (QED) is 0.684. The average Bonchev–Trinajstić information content (AvgIpc) is 2.78. The molecular formula is C26H27NO4. The van der Waals surface area contributed by atoms with Gasteiger partial charge in [0.2, 0.25) is 0 Å². The van der Waals surface area contributed by atoms with E-state index >= 15 is 0 Å². The van der Waals surface area contributed by atoms with Gasteiger partial charge in [-0.15, -0.1) is 0 Å². The van der Waals surface area contributed by atoms with E-state index in [0.717, 1.165) is 41.1 Å². The number of dihydropyridines is 1. The van der Waals surface area contributed by atoms with Crippen LogP contribution in [0, 0.1) is 0 Å². The molecule has 4 rings (SSSR count). The summed E-state index contributed by atoms with van der Waals surface area (Å²) in [5.41, 5.74) is 4.65. The lowest BCUT2D eigenvalue weighted by Crippen LogP contribution is -2.34. The SMILES string of the molecule is CCOc1ccc([C@H]2C(C(=O)OCc3ccccc3)=C(C)NC3=C2C(=O)CCC3)cc1. The summed E-state index contributed by atoms with van der Waals surface area (Å²) in [7, 11) is 0. The van der Waals surface area contributed by atoms with Gasteiger partial charge in [-0.3, -0.25) is 4.79 Å². The Labute approximate surface area is 182 Å². The lowest BCUT2D eigenvalue weighted by atomic mass is 9.75. The highest BCUT2D eigenvalue weighted by Crippen LogP contribution is 2.42. The molecule has 1 heterocycles. The zero-order valence-electron chi connectivity index (χ0n) is 17.9. The second kappa shape index (κ2) is 9.21. The molecule has 31 heavy (non-hydrogen) atoms. The Morgan fingerprint density at radius 1 is 1.06 bits per heavy atom. The van der Waals surface area contributed by atoms with Crippen LogP contribution >= 0.6 is 0 Å². The highest BCUT2D eigenvalue weighted by molar-refractivity contribution is 6.03. The molecule has 5 nitrogen and oxygen atoms in total. The molecule has 2 aliphatic rings. The van der Waals surface area contributed by atoms with Gasteiger partial charge in [0.15, 0.2) is 5.78 Å². The van der Waals surface area contributed by atoms with Crippen molar-refractivity contribution in [1.29, 1.82) is 0 Å². The number of hydrogen-bond acceptors (Lipinski definition) is 5.